The number of nitrogens with zero attached hydrogens (tertiary/aromatic N) is 1. The van der Waals surface area contributed by atoms with E-state index < -0.39 is 9.84 Å². The Morgan fingerprint density at radius 2 is 1.83 bits per heavy atom. The van der Waals surface area contributed by atoms with Crippen molar-refractivity contribution in [1.82, 2.24) is 0 Å². The van der Waals surface area contributed by atoms with Crippen molar-refractivity contribution in [2.45, 2.75) is 37.5 Å². The first-order chi connectivity index (χ1) is 13.9. The molecule has 0 bridgehead atoms. The summed E-state index contributed by atoms with van der Waals surface area (Å²) >= 11 is 5.81. The van der Waals surface area contributed by atoms with Crippen LogP contribution in [0.2, 0.25) is 5.02 Å². The third-order valence-corrected chi connectivity index (χ3v) is 6.20. The molecule has 0 radical (unpaired) electrons. The van der Waals surface area contributed by atoms with Crippen LogP contribution in [0.3, 0.4) is 0 Å². The van der Waals surface area contributed by atoms with E-state index in [1.807, 2.05) is 0 Å². The first kappa shape index (κ1) is 22.8. The van der Waals surface area contributed by atoms with Gasteiger partial charge in [-0.2, -0.15) is 5.26 Å². The number of rotatable bonds is 10. The number of halogens is 1. The minimum atomic E-state index is -3.95. The largest absolute Gasteiger partial charge is 0.493 e. The molecule has 2 rings (SSSR count). The number of nitriles is 1. The van der Waals surface area contributed by atoms with Gasteiger partial charge in [-0.05, 0) is 54.5 Å². The minimum absolute atomic E-state index is 0.00805. The number of hydrogen-bond acceptors (Lipinski definition) is 5. The van der Waals surface area contributed by atoms with Gasteiger partial charge in [0, 0.05) is 5.02 Å². The van der Waals surface area contributed by atoms with Crippen molar-refractivity contribution in [2.24, 2.45) is 0 Å². The summed E-state index contributed by atoms with van der Waals surface area (Å²) in [7, 11) is -2.43. The quantitative estimate of drug-likeness (QED) is 0.357. The van der Waals surface area contributed by atoms with Crippen LogP contribution < -0.4 is 9.47 Å². The molecule has 0 atom stereocenters. The number of benzene rings is 2. The average molecular weight is 434 g/mol. The van der Waals surface area contributed by atoms with Gasteiger partial charge in [0.2, 0.25) is 9.84 Å². The van der Waals surface area contributed by atoms with E-state index in [9.17, 15) is 13.7 Å². The van der Waals surface area contributed by atoms with Crippen LogP contribution in [0.15, 0.2) is 52.3 Å². The average Bonchev–Trinajstić information content (AvgIpc) is 2.72. The van der Waals surface area contributed by atoms with E-state index in [2.05, 4.69) is 6.92 Å². The summed E-state index contributed by atoms with van der Waals surface area (Å²) in [5.74, 6) is 1.07. The maximum atomic E-state index is 12.7. The molecule has 0 saturated carbocycles. The van der Waals surface area contributed by atoms with Crippen LogP contribution in [0.5, 0.6) is 11.5 Å². The summed E-state index contributed by atoms with van der Waals surface area (Å²) < 4.78 is 36.6. The molecule has 0 aliphatic heterocycles. The molecule has 0 aliphatic carbocycles. The maximum absolute atomic E-state index is 12.7. The van der Waals surface area contributed by atoms with Crippen LogP contribution in [-0.4, -0.2) is 22.1 Å². The van der Waals surface area contributed by atoms with Crippen LogP contribution in [0.25, 0.3) is 6.08 Å². The van der Waals surface area contributed by atoms with Crippen molar-refractivity contribution in [3.05, 3.63) is 58.0 Å². The number of ether oxygens (including phenoxy) is 2. The number of allylic oxidation sites excluding steroid dienone is 1. The number of unbranched alkanes of at least 4 members (excludes halogenated alkanes) is 3. The smallest absolute Gasteiger partial charge is 0.216 e. The SMILES string of the molecule is CCCCCCOc1ccc(/C=C(\C#N)S(=O)(=O)c2ccc(Cl)cc2)cc1OC. The molecule has 0 spiro atoms. The van der Waals surface area contributed by atoms with Gasteiger partial charge in [-0.1, -0.05) is 43.9 Å². The predicted octanol–water partition coefficient (Wildman–Crippen LogP) is 5.65. The second-order valence-electron chi connectivity index (χ2n) is 6.40. The van der Waals surface area contributed by atoms with Gasteiger partial charge in [-0.15, -0.1) is 0 Å². The molecule has 154 valence electrons. The summed E-state index contributed by atoms with van der Waals surface area (Å²) in [5.41, 5.74) is 0.522. The molecule has 0 amide bonds. The Hall–Kier alpha value is -2.49. The van der Waals surface area contributed by atoms with Gasteiger partial charge in [0.15, 0.2) is 11.5 Å². The Morgan fingerprint density at radius 1 is 1.10 bits per heavy atom. The van der Waals surface area contributed by atoms with Gasteiger partial charge >= 0.3 is 0 Å². The van der Waals surface area contributed by atoms with Crippen LogP contribution in [-0.2, 0) is 9.84 Å². The normalized spacial score (nSPS) is 11.7. The molecule has 0 heterocycles. The van der Waals surface area contributed by atoms with Crippen LogP contribution in [0.4, 0.5) is 0 Å². The molecule has 0 aliphatic rings. The molecule has 0 aromatic heterocycles. The number of methoxy groups -OCH3 is 1. The lowest BCUT2D eigenvalue weighted by atomic mass is 10.2. The molecule has 2 aromatic carbocycles. The van der Waals surface area contributed by atoms with E-state index in [-0.39, 0.29) is 9.80 Å². The highest BCUT2D eigenvalue weighted by Crippen LogP contribution is 2.30. The molecule has 2 aromatic rings. The summed E-state index contributed by atoms with van der Waals surface area (Å²) in [5, 5.41) is 9.85. The Labute approximate surface area is 177 Å². The first-order valence-corrected chi connectivity index (χ1v) is 11.2. The molecule has 7 heteroatoms. The topological polar surface area (TPSA) is 76.4 Å². The third-order valence-electron chi connectivity index (χ3n) is 4.26. The van der Waals surface area contributed by atoms with Gasteiger partial charge in [0.25, 0.3) is 0 Å². The molecule has 0 saturated heterocycles. The second-order valence-corrected chi connectivity index (χ2v) is 8.75. The van der Waals surface area contributed by atoms with Crippen molar-refractivity contribution >= 4 is 27.5 Å². The van der Waals surface area contributed by atoms with Gasteiger partial charge in [0.05, 0.1) is 18.6 Å². The van der Waals surface area contributed by atoms with Gasteiger partial charge in [-0.25, -0.2) is 8.42 Å². The van der Waals surface area contributed by atoms with Crippen molar-refractivity contribution < 1.29 is 17.9 Å². The fourth-order valence-corrected chi connectivity index (χ4v) is 3.95. The highest BCUT2D eigenvalue weighted by molar-refractivity contribution is 7.95. The first-order valence-electron chi connectivity index (χ1n) is 9.35. The summed E-state index contributed by atoms with van der Waals surface area (Å²) in [6.45, 7) is 2.73. The van der Waals surface area contributed by atoms with Gasteiger partial charge < -0.3 is 9.47 Å². The number of hydrogen-bond donors (Lipinski definition) is 0. The van der Waals surface area contributed by atoms with Crippen molar-refractivity contribution in [3.8, 4) is 17.6 Å². The number of sulfone groups is 1. The molecule has 5 nitrogen and oxygen atoms in total. The van der Waals surface area contributed by atoms with Crippen LogP contribution >= 0.6 is 11.6 Å². The molecule has 0 unspecified atom stereocenters. The lowest BCUT2D eigenvalue weighted by molar-refractivity contribution is 0.285. The molecule has 0 N–H and O–H groups in total. The van der Waals surface area contributed by atoms with Crippen molar-refractivity contribution in [2.75, 3.05) is 13.7 Å². The Bertz CT molecular complexity index is 992. The van der Waals surface area contributed by atoms with Crippen molar-refractivity contribution in [1.29, 1.82) is 5.26 Å². The Morgan fingerprint density at radius 3 is 2.45 bits per heavy atom. The molecule has 29 heavy (non-hydrogen) atoms. The van der Waals surface area contributed by atoms with Crippen molar-refractivity contribution in [3.63, 3.8) is 0 Å². The zero-order chi connectivity index (χ0) is 21.3. The summed E-state index contributed by atoms with van der Waals surface area (Å²) in [6, 6.07) is 12.5. The zero-order valence-electron chi connectivity index (χ0n) is 16.5. The van der Waals surface area contributed by atoms with E-state index in [4.69, 9.17) is 21.1 Å². The Balaban J connectivity index is 2.25. The van der Waals surface area contributed by atoms with E-state index in [0.29, 0.717) is 28.7 Å². The second kappa shape index (κ2) is 10.9. The molecular formula is C22H24ClNO4S. The fourth-order valence-electron chi connectivity index (χ4n) is 2.67. The third kappa shape index (κ3) is 6.25. The van der Waals surface area contributed by atoms with Crippen LogP contribution in [0.1, 0.15) is 38.2 Å². The lowest BCUT2D eigenvalue weighted by Crippen LogP contribution is -2.03. The van der Waals surface area contributed by atoms with Gasteiger partial charge in [0.1, 0.15) is 11.0 Å². The zero-order valence-corrected chi connectivity index (χ0v) is 18.1. The fraction of sp³-hybridized carbons (Fsp3) is 0.318. The highest BCUT2D eigenvalue weighted by Gasteiger charge is 2.21. The Kier molecular flexibility index (Phi) is 8.56. The summed E-state index contributed by atoms with van der Waals surface area (Å²) in [4.78, 5) is -0.358. The monoisotopic (exact) mass is 433 g/mol. The molecular weight excluding hydrogens is 410 g/mol. The standard InChI is InChI=1S/C22H24ClNO4S/c1-3-4-5-6-13-28-21-12-7-17(15-22(21)27-2)14-20(16-24)29(25,26)19-10-8-18(23)9-11-19/h7-12,14-15H,3-6,13H2,1-2H3/b20-14+. The van der Waals surface area contributed by atoms with E-state index in [1.54, 1.807) is 24.3 Å². The lowest BCUT2D eigenvalue weighted by Gasteiger charge is -2.11. The van der Waals surface area contributed by atoms with E-state index >= 15 is 0 Å². The van der Waals surface area contributed by atoms with E-state index in [1.165, 1.54) is 43.9 Å². The predicted molar refractivity (Wildman–Crippen MR) is 115 cm³/mol. The van der Waals surface area contributed by atoms with Crippen LogP contribution in [0, 0.1) is 11.3 Å². The minimum Gasteiger partial charge on any atom is -0.493 e. The van der Waals surface area contributed by atoms with E-state index in [0.717, 1.165) is 19.3 Å². The highest BCUT2D eigenvalue weighted by atomic mass is 35.5. The maximum Gasteiger partial charge on any atom is 0.216 e. The summed E-state index contributed by atoms with van der Waals surface area (Å²) in [6.07, 6.45) is 5.70. The molecule has 0 fully saturated rings. The van der Waals surface area contributed by atoms with Gasteiger partial charge in [-0.3, -0.25) is 0 Å².